The maximum Gasteiger partial charge on any atom is 0.263 e. The second-order valence-electron chi connectivity index (χ2n) is 6.31. The molecule has 0 radical (unpaired) electrons. The van der Waals surface area contributed by atoms with Crippen LogP contribution in [-0.2, 0) is 0 Å². The molecule has 3 aromatic rings. The maximum absolute atomic E-state index is 12.8. The molecule has 1 atom stereocenters. The number of H-pyrrole nitrogens is 1. The van der Waals surface area contributed by atoms with Crippen LogP contribution in [-0.4, -0.2) is 44.1 Å². The number of aryl methyl sites for hydroxylation is 2. The molecule has 0 spiro atoms. The minimum atomic E-state index is 0.135. The number of rotatable bonds is 2. The first-order chi connectivity index (χ1) is 11.6. The van der Waals surface area contributed by atoms with E-state index in [1.54, 1.807) is 23.7 Å². The Morgan fingerprint density at radius 2 is 2.17 bits per heavy atom. The number of thiophene rings is 1. The van der Waals surface area contributed by atoms with Crippen molar-refractivity contribution in [2.75, 3.05) is 13.1 Å². The van der Waals surface area contributed by atoms with Crippen LogP contribution in [0.5, 0.6) is 0 Å². The quantitative estimate of drug-likeness (QED) is 0.777. The number of fused-ring (bicyclic) bond motifs is 1. The van der Waals surface area contributed by atoms with Crippen LogP contribution in [0.2, 0.25) is 0 Å². The predicted octanol–water partition coefficient (Wildman–Crippen LogP) is 3.05. The molecule has 0 bridgehead atoms. The van der Waals surface area contributed by atoms with Crippen molar-refractivity contribution < 1.29 is 4.79 Å². The zero-order valence-corrected chi connectivity index (χ0v) is 14.6. The van der Waals surface area contributed by atoms with E-state index in [-0.39, 0.29) is 11.8 Å². The number of likely N-dealkylation sites (tertiary alicyclic amines) is 1. The van der Waals surface area contributed by atoms with E-state index >= 15 is 0 Å². The fourth-order valence-electron chi connectivity index (χ4n) is 3.28. The summed E-state index contributed by atoms with van der Waals surface area (Å²) >= 11 is 1.58. The molecule has 1 saturated heterocycles. The maximum atomic E-state index is 12.8. The Labute approximate surface area is 143 Å². The molecule has 124 valence electrons. The number of nitrogens with zero attached hydrogens (tertiary/aromatic N) is 4. The molecule has 4 heterocycles. The van der Waals surface area contributed by atoms with Crippen LogP contribution >= 0.6 is 11.3 Å². The summed E-state index contributed by atoms with van der Waals surface area (Å²) in [4.78, 5) is 25.5. The number of nitrogens with one attached hydrogen (secondary N) is 1. The van der Waals surface area contributed by atoms with Crippen LogP contribution in [0.3, 0.4) is 0 Å². The zero-order valence-electron chi connectivity index (χ0n) is 13.7. The van der Waals surface area contributed by atoms with Crippen LogP contribution in [0.1, 0.15) is 44.6 Å². The average molecular weight is 341 g/mol. The fraction of sp³-hybridized carbons (Fsp3) is 0.412. The lowest BCUT2D eigenvalue weighted by Gasteiger charge is -2.32. The van der Waals surface area contributed by atoms with Crippen molar-refractivity contribution in [3.8, 4) is 0 Å². The number of carbonyl (C=O) groups is 1. The molecular formula is C17H19N5OS. The molecule has 0 aromatic carbocycles. The summed E-state index contributed by atoms with van der Waals surface area (Å²) in [5.74, 6) is 0.363. The van der Waals surface area contributed by atoms with Gasteiger partial charge in [-0.25, -0.2) is 9.97 Å². The monoisotopic (exact) mass is 341 g/mol. The van der Waals surface area contributed by atoms with Crippen LogP contribution in [0.4, 0.5) is 0 Å². The summed E-state index contributed by atoms with van der Waals surface area (Å²) in [6.45, 7) is 5.62. The molecule has 6 nitrogen and oxygen atoms in total. The summed E-state index contributed by atoms with van der Waals surface area (Å²) in [6, 6.07) is 2.00. The van der Waals surface area contributed by atoms with Crippen LogP contribution < -0.4 is 0 Å². The van der Waals surface area contributed by atoms with Gasteiger partial charge in [-0.05, 0) is 38.3 Å². The van der Waals surface area contributed by atoms with E-state index in [1.165, 1.54) is 10.4 Å². The Hall–Kier alpha value is -2.28. The molecule has 0 aliphatic carbocycles. The number of aromatic nitrogens is 4. The van der Waals surface area contributed by atoms with Gasteiger partial charge in [-0.1, -0.05) is 0 Å². The van der Waals surface area contributed by atoms with E-state index in [9.17, 15) is 4.79 Å². The molecule has 1 aliphatic rings. The number of aromatic amines is 1. The Bertz CT molecular complexity index is 880. The SMILES string of the molecule is Cc1cc(C(=O)N2CCC[C@@H](c3[nH]nc4nccnc34)C2)sc1C. The normalized spacial score (nSPS) is 18.2. The smallest absolute Gasteiger partial charge is 0.263 e. The highest BCUT2D eigenvalue weighted by atomic mass is 32.1. The van der Waals surface area contributed by atoms with Gasteiger partial charge in [0.05, 0.1) is 10.6 Å². The summed E-state index contributed by atoms with van der Waals surface area (Å²) in [6.07, 6.45) is 5.34. The molecule has 1 aliphatic heterocycles. The van der Waals surface area contributed by atoms with E-state index in [0.29, 0.717) is 12.2 Å². The van der Waals surface area contributed by atoms with Gasteiger partial charge in [-0.2, -0.15) is 5.10 Å². The van der Waals surface area contributed by atoms with Gasteiger partial charge >= 0.3 is 0 Å². The van der Waals surface area contributed by atoms with Crippen molar-refractivity contribution in [1.82, 2.24) is 25.1 Å². The van der Waals surface area contributed by atoms with E-state index in [4.69, 9.17) is 0 Å². The lowest BCUT2D eigenvalue weighted by Crippen LogP contribution is -2.39. The van der Waals surface area contributed by atoms with E-state index < -0.39 is 0 Å². The van der Waals surface area contributed by atoms with Crippen molar-refractivity contribution in [2.45, 2.75) is 32.6 Å². The third kappa shape index (κ3) is 2.58. The molecule has 4 rings (SSSR count). The second kappa shape index (κ2) is 5.98. The Morgan fingerprint density at radius 3 is 2.96 bits per heavy atom. The molecule has 24 heavy (non-hydrogen) atoms. The fourth-order valence-corrected chi connectivity index (χ4v) is 4.29. The number of piperidine rings is 1. The molecule has 1 fully saturated rings. The summed E-state index contributed by atoms with van der Waals surface area (Å²) in [7, 11) is 0. The van der Waals surface area contributed by atoms with E-state index in [0.717, 1.165) is 35.5 Å². The summed E-state index contributed by atoms with van der Waals surface area (Å²) in [5, 5.41) is 7.32. The third-order valence-corrected chi connectivity index (χ3v) is 5.85. The molecular weight excluding hydrogens is 322 g/mol. The Balaban J connectivity index is 1.58. The van der Waals surface area contributed by atoms with Crippen molar-refractivity contribution in [3.05, 3.63) is 39.5 Å². The largest absolute Gasteiger partial charge is 0.337 e. The van der Waals surface area contributed by atoms with Crippen molar-refractivity contribution >= 4 is 28.4 Å². The van der Waals surface area contributed by atoms with Gasteiger partial charge < -0.3 is 4.90 Å². The number of carbonyl (C=O) groups excluding carboxylic acids is 1. The zero-order chi connectivity index (χ0) is 16.7. The first kappa shape index (κ1) is 15.3. The predicted molar refractivity (Wildman–Crippen MR) is 93.4 cm³/mol. The first-order valence-corrected chi connectivity index (χ1v) is 8.96. The minimum absolute atomic E-state index is 0.135. The standard InChI is InChI=1S/C17H19N5OS/c1-10-8-13(24-11(10)2)17(23)22-7-3-4-12(9-22)14-15-16(21-20-14)19-6-5-18-15/h5-6,8,12H,3-4,7,9H2,1-2H3,(H,19,20,21)/t12-/m1/s1. The molecule has 1 N–H and O–H groups in total. The highest BCUT2D eigenvalue weighted by Gasteiger charge is 2.29. The van der Waals surface area contributed by atoms with Gasteiger partial charge in [0, 0.05) is 36.3 Å². The van der Waals surface area contributed by atoms with Crippen molar-refractivity contribution in [1.29, 1.82) is 0 Å². The van der Waals surface area contributed by atoms with Crippen LogP contribution in [0, 0.1) is 13.8 Å². The van der Waals surface area contributed by atoms with Gasteiger partial charge in [-0.15, -0.1) is 11.3 Å². The third-order valence-electron chi connectivity index (χ3n) is 4.71. The van der Waals surface area contributed by atoms with Crippen molar-refractivity contribution in [2.24, 2.45) is 0 Å². The van der Waals surface area contributed by atoms with Crippen LogP contribution in [0.25, 0.3) is 11.2 Å². The van der Waals surface area contributed by atoms with Crippen molar-refractivity contribution in [3.63, 3.8) is 0 Å². The molecule has 0 unspecified atom stereocenters. The van der Waals surface area contributed by atoms with E-state index in [1.807, 2.05) is 11.0 Å². The number of amides is 1. The molecule has 7 heteroatoms. The Morgan fingerprint density at radius 1 is 1.33 bits per heavy atom. The van der Waals surface area contributed by atoms with Gasteiger partial charge in [0.15, 0.2) is 5.65 Å². The lowest BCUT2D eigenvalue weighted by atomic mass is 9.94. The number of hydrogen-bond donors (Lipinski definition) is 1. The first-order valence-electron chi connectivity index (χ1n) is 8.15. The average Bonchev–Trinajstić information content (AvgIpc) is 3.18. The topological polar surface area (TPSA) is 74.8 Å². The van der Waals surface area contributed by atoms with Gasteiger partial charge in [0.25, 0.3) is 5.91 Å². The minimum Gasteiger partial charge on any atom is -0.337 e. The Kier molecular flexibility index (Phi) is 3.80. The molecule has 0 saturated carbocycles. The van der Waals surface area contributed by atoms with Crippen LogP contribution in [0.15, 0.2) is 18.5 Å². The van der Waals surface area contributed by atoms with E-state index in [2.05, 4.69) is 34.0 Å². The van der Waals surface area contributed by atoms with Gasteiger partial charge in [0.1, 0.15) is 5.52 Å². The molecule has 3 aromatic heterocycles. The molecule has 1 amide bonds. The second-order valence-corrected chi connectivity index (χ2v) is 7.56. The number of hydrogen-bond acceptors (Lipinski definition) is 5. The highest BCUT2D eigenvalue weighted by molar-refractivity contribution is 7.14. The lowest BCUT2D eigenvalue weighted by molar-refractivity contribution is 0.0711. The summed E-state index contributed by atoms with van der Waals surface area (Å²) in [5.41, 5.74) is 3.64. The van der Waals surface area contributed by atoms with Gasteiger partial charge in [-0.3, -0.25) is 9.89 Å². The highest BCUT2D eigenvalue weighted by Crippen LogP contribution is 2.31. The van der Waals surface area contributed by atoms with Gasteiger partial charge in [0.2, 0.25) is 0 Å². The summed E-state index contributed by atoms with van der Waals surface area (Å²) < 4.78 is 0.